The first-order valence-corrected chi connectivity index (χ1v) is 8.86. The largest absolute Gasteiger partial charge is 0.497 e. The van der Waals surface area contributed by atoms with Crippen molar-refractivity contribution < 1.29 is 14.6 Å². The molecule has 9 heteroatoms. The van der Waals surface area contributed by atoms with Crippen LogP contribution in [0.15, 0.2) is 30.5 Å². The van der Waals surface area contributed by atoms with Gasteiger partial charge in [-0.3, -0.25) is 4.79 Å². The fourth-order valence-electron chi connectivity index (χ4n) is 3.36. The average molecular weight is 368 g/mol. The number of nitrogens with one attached hydrogen (secondary N) is 1. The van der Waals surface area contributed by atoms with Crippen LogP contribution in [0.1, 0.15) is 25.7 Å². The van der Waals surface area contributed by atoms with Gasteiger partial charge in [-0.15, -0.1) is 5.10 Å². The standard InChI is InChI=1S/C18H20N6O3/c1-27-14-8-6-13(7-9-14)24-16-15(22-23-24)10-19-18(21-16)20-12-4-2-11(3-5-12)17(25)26/h6-12H,2-5H2,1H3,(H,25,26)(H,19,20,21). The van der Waals surface area contributed by atoms with Crippen molar-refractivity contribution in [1.29, 1.82) is 0 Å². The molecule has 0 saturated heterocycles. The van der Waals surface area contributed by atoms with Crippen LogP contribution in [-0.2, 0) is 4.79 Å². The maximum absolute atomic E-state index is 11.1. The molecule has 1 fully saturated rings. The zero-order valence-corrected chi connectivity index (χ0v) is 14.9. The molecule has 0 amide bonds. The fraction of sp³-hybridized carbons (Fsp3) is 0.389. The van der Waals surface area contributed by atoms with Gasteiger partial charge in [-0.05, 0) is 49.9 Å². The number of carbonyl (C=O) groups is 1. The Morgan fingerprint density at radius 3 is 2.63 bits per heavy atom. The summed E-state index contributed by atoms with van der Waals surface area (Å²) in [5.74, 6) is 0.309. The van der Waals surface area contributed by atoms with Crippen molar-refractivity contribution in [3.63, 3.8) is 0 Å². The number of carboxylic acid groups (broad SMARTS) is 1. The van der Waals surface area contributed by atoms with Crippen molar-refractivity contribution in [3.05, 3.63) is 30.5 Å². The normalized spacial score (nSPS) is 19.7. The van der Waals surface area contributed by atoms with Crippen molar-refractivity contribution in [2.75, 3.05) is 12.4 Å². The molecular weight excluding hydrogens is 348 g/mol. The molecule has 0 unspecified atom stereocenters. The number of fused-ring (bicyclic) bond motifs is 1. The number of aliphatic carboxylic acids is 1. The van der Waals surface area contributed by atoms with Gasteiger partial charge in [0.05, 0.1) is 24.9 Å². The van der Waals surface area contributed by atoms with Gasteiger partial charge in [0.25, 0.3) is 0 Å². The molecule has 1 aliphatic rings. The third-order valence-corrected chi connectivity index (χ3v) is 4.92. The predicted molar refractivity (Wildman–Crippen MR) is 98.0 cm³/mol. The number of benzene rings is 1. The number of nitrogens with zero attached hydrogens (tertiary/aromatic N) is 5. The SMILES string of the molecule is COc1ccc(-n2nnc3cnc(NC4CCC(C(=O)O)CC4)nc32)cc1. The third-order valence-electron chi connectivity index (χ3n) is 4.92. The summed E-state index contributed by atoms with van der Waals surface area (Å²) >= 11 is 0. The Bertz CT molecular complexity index is 947. The Morgan fingerprint density at radius 1 is 1.22 bits per heavy atom. The maximum atomic E-state index is 11.1. The van der Waals surface area contributed by atoms with Gasteiger partial charge >= 0.3 is 5.97 Å². The van der Waals surface area contributed by atoms with Crippen LogP contribution in [0.4, 0.5) is 5.95 Å². The molecule has 0 atom stereocenters. The highest BCUT2D eigenvalue weighted by molar-refractivity contribution is 5.72. The molecule has 4 rings (SSSR count). The van der Waals surface area contributed by atoms with Crippen molar-refractivity contribution in [3.8, 4) is 11.4 Å². The number of hydrogen-bond donors (Lipinski definition) is 2. The molecule has 1 saturated carbocycles. The average Bonchev–Trinajstić information content (AvgIpc) is 3.12. The van der Waals surface area contributed by atoms with E-state index in [1.165, 1.54) is 0 Å². The van der Waals surface area contributed by atoms with E-state index in [0.29, 0.717) is 30.0 Å². The van der Waals surface area contributed by atoms with Crippen LogP contribution in [0.25, 0.3) is 16.9 Å². The Balaban J connectivity index is 1.54. The van der Waals surface area contributed by atoms with Crippen LogP contribution in [0, 0.1) is 5.92 Å². The minimum atomic E-state index is -0.708. The maximum Gasteiger partial charge on any atom is 0.306 e. The first-order chi connectivity index (χ1) is 13.1. The summed E-state index contributed by atoms with van der Waals surface area (Å²) in [5.41, 5.74) is 2.03. The topological polar surface area (TPSA) is 115 Å². The van der Waals surface area contributed by atoms with Crippen molar-refractivity contribution in [1.82, 2.24) is 25.0 Å². The molecule has 2 N–H and O–H groups in total. The first-order valence-electron chi connectivity index (χ1n) is 8.86. The molecule has 27 heavy (non-hydrogen) atoms. The van der Waals surface area contributed by atoms with E-state index >= 15 is 0 Å². The minimum Gasteiger partial charge on any atom is -0.497 e. The molecule has 9 nitrogen and oxygen atoms in total. The smallest absolute Gasteiger partial charge is 0.306 e. The monoisotopic (exact) mass is 368 g/mol. The van der Waals surface area contributed by atoms with E-state index < -0.39 is 5.97 Å². The van der Waals surface area contributed by atoms with E-state index in [1.807, 2.05) is 24.3 Å². The first kappa shape index (κ1) is 17.2. The zero-order valence-electron chi connectivity index (χ0n) is 14.9. The van der Waals surface area contributed by atoms with Crippen molar-refractivity contribution in [2.45, 2.75) is 31.7 Å². The summed E-state index contributed by atoms with van der Waals surface area (Å²) in [6, 6.07) is 7.64. The summed E-state index contributed by atoms with van der Waals surface area (Å²) in [6.07, 6.45) is 4.55. The van der Waals surface area contributed by atoms with Crippen LogP contribution in [0.2, 0.25) is 0 Å². The molecule has 0 spiro atoms. The third kappa shape index (κ3) is 3.53. The number of methoxy groups -OCH3 is 1. The van der Waals surface area contributed by atoms with Crippen LogP contribution in [0.5, 0.6) is 5.75 Å². The summed E-state index contributed by atoms with van der Waals surface area (Å²) in [4.78, 5) is 20.0. The fourth-order valence-corrected chi connectivity index (χ4v) is 3.36. The number of ether oxygens (including phenoxy) is 1. The Morgan fingerprint density at radius 2 is 1.96 bits per heavy atom. The summed E-state index contributed by atoms with van der Waals surface area (Å²) in [7, 11) is 1.62. The van der Waals surface area contributed by atoms with Crippen molar-refractivity contribution >= 4 is 23.1 Å². The quantitative estimate of drug-likeness (QED) is 0.705. The van der Waals surface area contributed by atoms with E-state index in [1.54, 1.807) is 18.0 Å². The highest BCUT2D eigenvalue weighted by atomic mass is 16.5. The lowest BCUT2D eigenvalue weighted by Gasteiger charge is -2.26. The zero-order chi connectivity index (χ0) is 18.8. The molecule has 0 aliphatic heterocycles. The molecule has 2 aromatic heterocycles. The van der Waals surface area contributed by atoms with Gasteiger partial charge in [-0.2, -0.15) is 9.67 Å². The van der Waals surface area contributed by atoms with Crippen LogP contribution in [0.3, 0.4) is 0 Å². The second-order valence-corrected chi connectivity index (χ2v) is 6.63. The van der Waals surface area contributed by atoms with E-state index in [-0.39, 0.29) is 12.0 Å². The number of aromatic nitrogens is 5. The van der Waals surface area contributed by atoms with Gasteiger partial charge in [0.15, 0.2) is 11.2 Å². The summed E-state index contributed by atoms with van der Waals surface area (Å²) in [5, 5.41) is 20.7. The number of hydrogen-bond acceptors (Lipinski definition) is 7. The van der Waals surface area contributed by atoms with Gasteiger partial charge < -0.3 is 15.2 Å². The van der Waals surface area contributed by atoms with Gasteiger partial charge in [-0.25, -0.2) is 4.98 Å². The van der Waals surface area contributed by atoms with E-state index in [0.717, 1.165) is 24.3 Å². The van der Waals surface area contributed by atoms with Crippen molar-refractivity contribution in [2.24, 2.45) is 5.92 Å². The summed E-state index contributed by atoms with van der Waals surface area (Å²) in [6.45, 7) is 0. The molecule has 2 heterocycles. The minimum absolute atomic E-state index is 0.170. The highest BCUT2D eigenvalue weighted by Gasteiger charge is 2.26. The number of anilines is 1. The Hall–Kier alpha value is -3.23. The van der Waals surface area contributed by atoms with Gasteiger partial charge in [0.2, 0.25) is 5.95 Å². The second-order valence-electron chi connectivity index (χ2n) is 6.63. The lowest BCUT2D eigenvalue weighted by molar-refractivity contribution is -0.142. The molecule has 3 aromatic rings. The Labute approximate surface area is 155 Å². The van der Waals surface area contributed by atoms with Crippen LogP contribution >= 0.6 is 0 Å². The van der Waals surface area contributed by atoms with Gasteiger partial charge in [-0.1, -0.05) is 5.21 Å². The predicted octanol–water partition coefficient (Wildman–Crippen LogP) is 2.27. The van der Waals surface area contributed by atoms with E-state index in [9.17, 15) is 4.79 Å². The summed E-state index contributed by atoms with van der Waals surface area (Å²) < 4.78 is 6.84. The number of rotatable bonds is 5. The molecule has 0 bridgehead atoms. The molecule has 0 radical (unpaired) electrons. The number of carboxylic acids is 1. The van der Waals surface area contributed by atoms with Crippen LogP contribution < -0.4 is 10.1 Å². The molecular formula is C18H20N6O3. The van der Waals surface area contributed by atoms with Gasteiger partial charge in [0, 0.05) is 6.04 Å². The molecule has 140 valence electrons. The van der Waals surface area contributed by atoms with Gasteiger partial charge in [0.1, 0.15) is 5.75 Å². The second kappa shape index (κ2) is 7.18. The lowest BCUT2D eigenvalue weighted by Crippen LogP contribution is -2.29. The molecule has 1 aliphatic carbocycles. The Kier molecular flexibility index (Phi) is 4.57. The van der Waals surface area contributed by atoms with Crippen LogP contribution in [-0.4, -0.2) is 49.2 Å². The highest BCUT2D eigenvalue weighted by Crippen LogP contribution is 2.26. The van der Waals surface area contributed by atoms with E-state index in [2.05, 4.69) is 25.6 Å². The van der Waals surface area contributed by atoms with E-state index in [4.69, 9.17) is 9.84 Å². The molecule has 1 aromatic carbocycles. The lowest BCUT2D eigenvalue weighted by atomic mass is 9.86.